The third-order valence-electron chi connectivity index (χ3n) is 6.48. The Kier molecular flexibility index (Phi) is 7.74. The van der Waals surface area contributed by atoms with Gasteiger partial charge in [0, 0.05) is 31.6 Å². The van der Waals surface area contributed by atoms with E-state index in [1.54, 1.807) is 24.3 Å². The molecule has 4 rings (SSSR count). The van der Waals surface area contributed by atoms with Gasteiger partial charge in [-0.15, -0.1) is 13.2 Å². The minimum Gasteiger partial charge on any atom is -0.492 e. The molecular weight excluding hydrogens is 481 g/mol. The number of nitrogens with one attached hydrogen (secondary N) is 1. The van der Waals surface area contributed by atoms with E-state index in [1.165, 1.54) is 24.3 Å². The van der Waals surface area contributed by atoms with Gasteiger partial charge in [0.1, 0.15) is 11.5 Å². The van der Waals surface area contributed by atoms with Gasteiger partial charge in [-0.05, 0) is 42.7 Å². The maximum Gasteiger partial charge on any atom is 0.573 e. The van der Waals surface area contributed by atoms with Crippen molar-refractivity contribution in [3.8, 4) is 11.5 Å². The molecule has 1 fully saturated rings. The van der Waals surface area contributed by atoms with Crippen molar-refractivity contribution in [2.24, 2.45) is 5.41 Å². The fourth-order valence-corrected chi connectivity index (χ4v) is 4.93. The summed E-state index contributed by atoms with van der Waals surface area (Å²) < 4.78 is 47.4. The van der Waals surface area contributed by atoms with Gasteiger partial charge >= 0.3 is 6.36 Å². The molecule has 1 aliphatic heterocycles. The first-order valence-electron chi connectivity index (χ1n) is 11.6. The quantitative estimate of drug-likeness (QED) is 0.500. The van der Waals surface area contributed by atoms with Crippen LogP contribution in [0.2, 0.25) is 0 Å². The normalized spacial score (nSPS) is 27.9. The van der Waals surface area contributed by atoms with E-state index >= 15 is 0 Å². The summed E-state index contributed by atoms with van der Waals surface area (Å²) in [5.74, 6) is -0.391. The molecule has 36 heavy (non-hydrogen) atoms. The zero-order valence-electron chi connectivity index (χ0n) is 19.4. The lowest BCUT2D eigenvalue weighted by molar-refractivity contribution is -0.274. The van der Waals surface area contributed by atoms with Crippen molar-refractivity contribution in [1.29, 1.82) is 0 Å². The summed E-state index contributed by atoms with van der Waals surface area (Å²) in [6, 6.07) is 12.2. The molecule has 1 aliphatic carbocycles. The third-order valence-corrected chi connectivity index (χ3v) is 6.48. The second-order valence-corrected chi connectivity index (χ2v) is 9.55. The van der Waals surface area contributed by atoms with Crippen molar-refractivity contribution < 1.29 is 42.8 Å². The number of nitrogens with zero attached hydrogens (tertiary/aromatic N) is 1. The molecule has 196 valence electrons. The minimum atomic E-state index is -4.79. The fraction of sp³-hybridized carbons (Fsp3) is 0.480. The van der Waals surface area contributed by atoms with E-state index < -0.39 is 36.0 Å². The summed E-state index contributed by atoms with van der Waals surface area (Å²) in [5, 5.41) is 34.1. The highest BCUT2D eigenvalue weighted by Gasteiger charge is 2.46. The number of hydrogen-bond donors (Lipinski definition) is 4. The average Bonchev–Trinajstić information content (AvgIpc) is 3.09. The van der Waals surface area contributed by atoms with Gasteiger partial charge in [0.15, 0.2) is 0 Å². The lowest BCUT2D eigenvalue weighted by Crippen LogP contribution is -2.46. The Morgan fingerprint density at radius 2 is 1.72 bits per heavy atom. The van der Waals surface area contributed by atoms with Crippen molar-refractivity contribution in [2.45, 2.75) is 44.1 Å². The van der Waals surface area contributed by atoms with Crippen LogP contribution in [0.1, 0.15) is 28.8 Å². The summed E-state index contributed by atoms with van der Waals surface area (Å²) >= 11 is 0. The van der Waals surface area contributed by atoms with Crippen LogP contribution in [0.15, 0.2) is 48.5 Å². The number of ether oxygens (including phenoxy) is 2. The smallest absolute Gasteiger partial charge is 0.492 e. The summed E-state index contributed by atoms with van der Waals surface area (Å²) in [4.78, 5) is 14.6. The Morgan fingerprint density at radius 3 is 2.39 bits per heavy atom. The predicted octanol–water partition coefficient (Wildman–Crippen LogP) is 2.07. The molecule has 0 radical (unpaired) electrons. The molecule has 11 heteroatoms. The number of alkyl halides is 3. The Labute approximate surface area is 206 Å². The Balaban J connectivity index is 1.59. The number of β-amino-alcohol motifs (C(OH)–C–C–N with tert-alkyl or cyclic N) is 1. The Hall–Kier alpha value is -2.86. The summed E-state index contributed by atoms with van der Waals surface area (Å²) in [7, 11) is 0. The standard InChI is InChI=1S/C25H29F3N2O6/c26-25(27,28)36-18-7-5-16(6-8-18)12-30-13-17(31)11-29-23(34)19-3-1-2-4-22(19)35-15-24(14-30)9-20(32)21(33)10-24/h1-8,17,20-21,31-33H,9-15H2,(H,29,34)/t17-,20-,21+,24?/m0/s1. The van der Waals surface area contributed by atoms with E-state index in [0.29, 0.717) is 23.4 Å². The lowest BCUT2D eigenvalue weighted by atomic mass is 9.85. The first kappa shape index (κ1) is 26.2. The fourth-order valence-electron chi connectivity index (χ4n) is 4.93. The van der Waals surface area contributed by atoms with Gasteiger partial charge in [-0.2, -0.15) is 0 Å². The van der Waals surface area contributed by atoms with Crippen molar-refractivity contribution in [3.05, 3.63) is 59.7 Å². The van der Waals surface area contributed by atoms with Crippen LogP contribution in [-0.2, 0) is 6.54 Å². The van der Waals surface area contributed by atoms with E-state index in [-0.39, 0.29) is 44.8 Å². The van der Waals surface area contributed by atoms with Gasteiger partial charge in [-0.1, -0.05) is 24.3 Å². The number of amides is 1. The zero-order chi connectivity index (χ0) is 25.9. The number of hydrogen-bond acceptors (Lipinski definition) is 7. The van der Waals surface area contributed by atoms with Gasteiger partial charge in [0.05, 0.1) is 30.5 Å². The Bertz CT molecular complexity index is 1040. The molecule has 0 saturated heterocycles. The minimum absolute atomic E-state index is 0.0275. The number of halogens is 3. The number of benzene rings is 2. The van der Waals surface area contributed by atoms with Gasteiger partial charge in [0.25, 0.3) is 5.91 Å². The number of carbonyl (C=O) groups excluding carboxylic acids is 1. The summed E-state index contributed by atoms with van der Waals surface area (Å²) in [5.41, 5.74) is 0.298. The number of aliphatic hydroxyl groups is 3. The topological polar surface area (TPSA) is 111 Å². The molecule has 4 atom stereocenters. The second-order valence-electron chi connectivity index (χ2n) is 9.55. The molecule has 2 aliphatic rings. The molecule has 1 amide bonds. The first-order valence-corrected chi connectivity index (χ1v) is 11.6. The van der Waals surface area contributed by atoms with Gasteiger partial charge in [-0.25, -0.2) is 0 Å². The molecule has 2 aromatic carbocycles. The van der Waals surface area contributed by atoms with E-state index in [4.69, 9.17) is 4.74 Å². The van der Waals surface area contributed by atoms with Crippen LogP contribution >= 0.6 is 0 Å². The third kappa shape index (κ3) is 6.67. The maximum atomic E-state index is 12.7. The molecular formula is C25H29F3N2O6. The molecule has 1 heterocycles. The molecule has 1 unspecified atom stereocenters. The van der Waals surface area contributed by atoms with Crippen LogP contribution in [0.25, 0.3) is 0 Å². The number of fused-ring (bicyclic) bond motifs is 1. The predicted molar refractivity (Wildman–Crippen MR) is 122 cm³/mol. The van der Waals surface area contributed by atoms with Gasteiger partial charge in [0.2, 0.25) is 0 Å². The van der Waals surface area contributed by atoms with Gasteiger partial charge in [-0.3, -0.25) is 9.69 Å². The van der Waals surface area contributed by atoms with Crippen LogP contribution in [0, 0.1) is 5.41 Å². The van der Waals surface area contributed by atoms with E-state index in [2.05, 4.69) is 10.1 Å². The lowest BCUT2D eigenvalue weighted by Gasteiger charge is -2.37. The molecule has 0 aromatic heterocycles. The maximum absolute atomic E-state index is 12.7. The monoisotopic (exact) mass is 510 g/mol. The molecule has 1 spiro atoms. The molecule has 4 N–H and O–H groups in total. The van der Waals surface area contributed by atoms with E-state index in [0.717, 1.165) is 0 Å². The van der Waals surface area contributed by atoms with Crippen molar-refractivity contribution in [3.63, 3.8) is 0 Å². The molecule has 1 saturated carbocycles. The zero-order valence-corrected chi connectivity index (χ0v) is 19.4. The van der Waals surface area contributed by atoms with Crippen LogP contribution in [0.4, 0.5) is 13.2 Å². The first-order chi connectivity index (χ1) is 17.0. The molecule has 2 aromatic rings. The van der Waals surface area contributed by atoms with Crippen molar-refractivity contribution >= 4 is 5.91 Å². The average molecular weight is 511 g/mol. The largest absolute Gasteiger partial charge is 0.573 e. The molecule has 8 nitrogen and oxygen atoms in total. The number of aliphatic hydroxyl groups excluding tert-OH is 3. The number of rotatable bonds is 3. The molecule has 0 bridgehead atoms. The summed E-state index contributed by atoms with van der Waals surface area (Å²) in [6.45, 7) is 0.810. The van der Waals surface area contributed by atoms with Crippen LogP contribution < -0.4 is 14.8 Å². The van der Waals surface area contributed by atoms with Crippen molar-refractivity contribution in [2.75, 3.05) is 26.2 Å². The second kappa shape index (κ2) is 10.6. The van der Waals surface area contributed by atoms with Gasteiger partial charge < -0.3 is 30.1 Å². The highest BCUT2D eigenvalue weighted by molar-refractivity contribution is 5.96. The highest BCUT2D eigenvalue weighted by Crippen LogP contribution is 2.40. The van der Waals surface area contributed by atoms with E-state index in [9.17, 15) is 33.3 Å². The van der Waals surface area contributed by atoms with E-state index in [1.807, 2.05) is 4.90 Å². The Morgan fingerprint density at radius 1 is 1.06 bits per heavy atom. The summed E-state index contributed by atoms with van der Waals surface area (Å²) in [6.07, 6.45) is -7.15. The number of para-hydroxylation sites is 1. The van der Waals surface area contributed by atoms with Crippen LogP contribution in [0.3, 0.4) is 0 Å². The van der Waals surface area contributed by atoms with Crippen molar-refractivity contribution in [1.82, 2.24) is 10.2 Å². The van der Waals surface area contributed by atoms with Crippen LogP contribution in [0.5, 0.6) is 11.5 Å². The SMILES string of the molecule is O=C1NC[C@H](O)CN(Cc2ccc(OC(F)(F)F)cc2)CC2(COc3ccccc31)C[C@@H](O)[C@@H](O)C2. The number of carbonyl (C=O) groups is 1. The van der Waals surface area contributed by atoms with Crippen LogP contribution in [-0.4, -0.2) is 77.0 Å². The highest BCUT2D eigenvalue weighted by atomic mass is 19.4.